The Labute approximate surface area is 144 Å². The number of aromatic nitrogens is 1. The minimum absolute atomic E-state index is 0.0952. The monoisotopic (exact) mass is 315 g/mol. The van der Waals surface area contributed by atoms with Crippen molar-refractivity contribution in [3.05, 3.63) is 28.1 Å². The maximum absolute atomic E-state index is 5.37. The van der Waals surface area contributed by atoms with Gasteiger partial charge in [-0.25, -0.2) is 0 Å². The Kier molecular flexibility index (Phi) is 4.74. The van der Waals surface area contributed by atoms with Crippen LogP contribution in [-0.2, 0) is 29.1 Å². The Bertz CT molecular complexity index is 585. The minimum Gasteiger partial charge on any atom is -0.256 e. The standard InChI is InChI=1S/C22H37N/c1-10-21(6,7)17-15-13-12-14-16(15)18(22(8,9)11-2)23-19(17)20(3,4)5/h10-14H2,1-9H3. The first-order chi connectivity index (χ1) is 10.5. The van der Waals surface area contributed by atoms with Crippen LogP contribution in [-0.4, -0.2) is 4.98 Å². The molecule has 1 aromatic heterocycles. The van der Waals surface area contributed by atoms with Gasteiger partial charge in [0, 0.05) is 16.5 Å². The summed E-state index contributed by atoms with van der Waals surface area (Å²) in [6, 6.07) is 0. The highest BCUT2D eigenvalue weighted by Gasteiger charge is 2.37. The fourth-order valence-electron chi connectivity index (χ4n) is 3.83. The summed E-state index contributed by atoms with van der Waals surface area (Å²) in [6.45, 7) is 21.1. The number of hydrogen-bond donors (Lipinski definition) is 0. The van der Waals surface area contributed by atoms with E-state index in [4.69, 9.17) is 4.98 Å². The molecule has 0 amide bonds. The third kappa shape index (κ3) is 3.21. The first-order valence-electron chi connectivity index (χ1n) is 9.53. The van der Waals surface area contributed by atoms with Gasteiger partial charge in [0.2, 0.25) is 0 Å². The average Bonchev–Trinajstić information content (AvgIpc) is 2.93. The Balaban J connectivity index is 2.87. The van der Waals surface area contributed by atoms with Crippen LogP contribution in [0.4, 0.5) is 0 Å². The van der Waals surface area contributed by atoms with Crippen molar-refractivity contribution >= 4 is 0 Å². The van der Waals surface area contributed by atoms with E-state index in [1.54, 1.807) is 16.7 Å². The van der Waals surface area contributed by atoms with Crippen LogP contribution in [0.3, 0.4) is 0 Å². The summed E-state index contributed by atoms with van der Waals surface area (Å²) in [5.41, 5.74) is 8.00. The molecule has 1 heterocycles. The number of fused-ring (bicyclic) bond motifs is 1. The molecule has 0 fully saturated rings. The summed E-state index contributed by atoms with van der Waals surface area (Å²) in [5, 5.41) is 0. The van der Waals surface area contributed by atoms with Gasteiger partial charge in [0.25, 0.3) is 0 Å². The summed E-state index contributed by atoms with van der Waals surface area (Å²) >= 11 is 0. The molecule has 0 spiro atoms. The van der Waals surface area contributed by atoms with Crippen LogP contribution in [0.5, 0.6) is 0 Å². The molecule has 130 valence electrons. The van der Waals surface area contributed by atoms with Gasteiger partial charge in [0.05, 0.1) is 5.69 Å². The highest BCUT2D eigenvalue weighted by atomic mass is 14.8. The molecular formula is C22H37N. The molecule has 0 radical (unpaired) electrons. The topological polar surface area (TPSA) is 12.9 Å². The molecule has 0 aromatic carbocycles. The molecule has 1 heteroatoms. The lowest BCUT2D eigenvalue weighted by Gasteiger charge is -2.36. The van der Waals surface area contributed by atoms with Gasteiger partial charge < -0.3 is 0 Å². The summed E-state index contributed by atoms with van der Waals surface area (Å²) in [5.74, 6) is 0. The van der Waals surface area contributed by atoms with Gasteiger partial charge in [-0.3, -0.25) is 4.98 Å². The molecule has 1 aliphatic rings. The zero-order valence-electron chi connectivity index (χ0n) is 17.0. The zero-order chi connectivity index (χ0) is 17.6. The summed E-state index contributed by atoms with van der Waals surface area (Å²) < 4.78 is 0. The molecule has 0 saturated heterocycles. The first kappa shape index (κ1) is 18.5. The fourth-order valence-corrected chi connectivity index (χ4v) is 3.83. The van der Waals surface area contributed by atoms with Crippen LogP contribution in [0.15, 0.2) is 0 Å². The van der Waals surface area contributed by atoms with Gasteiger partial charge in [-0.05, 0) is 54.2 Å². The number of rotatable bonds is 4. The van der Waals surface area contributed by atoms with Gasteiger partial charge in [-0.2, -0.15) is 0 Å². The van der Waals surface area contributed by atoms with Crippen molar-refractivity contribution in [1.29, 1.82) is 0 Å². The highest BCUT2D eigenvalue weighted by molar-refractivity contribution is 5.50. The van der Waals surface area contributed by atoms with Gasteiger partial charge in [-0.15, -0.1) is 0 Å². The minimum atomic E-state index is 0.0952. The zero-order valence-corrected chi connectivity index (χ0v) is 17.0. The Hall–Kier alpha value is -0.850. The maximum Gasteiger partial charge on any atom is 0.0500 e. The van der Waals surface area contributed by atoms with Crippen LogP contribution in [0.2, 0.25) is 0 Å². The van der Waals surface area contributed by atoms with Gasteiger partial charge in [0.1, 0.15) is 0 Å². The number of nitrogens with zero attached hydrogens (tertiary/aromatic N) is 1. The number of pyridine rings is 1. The molecule has 0 unspecified atom stereocenters. The largest absolute Gasteiger partial charge is 0.256 e. The lowest BCUT2D eigenvalue weighted by molar-refractivity contribution is 0.445. The van der Waals surface area contributed by atoms with Gasteiger partial charge >= 0.3 is 0 Å². The Morgan fingerprint density at radius 1 is 0.739 bits per heavy atom. The second-order valence-electron chi connectivity index (χ2n) is 9.72. The highest BCUT2D eigenvalue weighted by Crippen LogP contribution is 2.44. The van der Waals surface area contributed by atoms with Crippen molar-refractivity contribution in [3.8, 4) is 0 Å². The van der Waals surface area contributed by atoms with Crippen molar-refractivity contribution < 1.29 is 0 Å². The predicted octanol–water partition coefficient (Wildman–Crippen LogP) is 6.24. The van der Waals surface area contributed by atoms with Crippen molar-refractivity contribution in [2.24, 2.45) is 0 Å². The van der Waals surface area contributed by atoms with Crippen LogP contribution in [0, 0.1) is 0 Å². The van der Waals surface area contributed by atoms with Crippen molar-refractivity contribution in [3.63, 3.8) is 0 Å². The molecule has 0 atom stereocenters. The smallest absolute Gasteiger partial charge is 0.0500 e. The Morgan fingerprint density at radius 2 is 1.26 bits per heavy atom. The maximum atomic E-state index is 5.37. The van der Waals surface area contributed by atoms with E-state index in [2.05, 4.69) is 62.3 Å². The summed E-state index contributed by atoms with van der Waals surface area (Å²) in [7, 11) is 0. The van der Waals surface area contributed by atoms with Gasteiger partial charge in [0.15, 0.2) is 0 Å². The molecule has 0 N–H and O–H groups in total. The van der Waals surface area contributed by atoms with E-state index in [-0.39, 0.29) is 16.2 Å². The van der Waals surface area contributed by atoms with Crippen molar-refractivity contribution in [1.82, 2.24) is 4.98 Å². The molecule has 0 bridgehead atoms. The Morgan fingerprint density at radius 3 is 1.74 bits per heavy atom. The molecule has 1 nitrogen and oxygen atoms in total. The van der Waals surface area contributed by atoms with Crippen LogP contribution in [0.25, 0.3) is 0 Å². The second kappa shape index (κ2) is 5.90. The molecule has 23 heavy (non-hydrogen) atoms. The molecular weight excluding hydrogens is 278 g/mol. The van der Waals surface area contributed by atoms with E-state index in [0.29, 0.717) is 0 Å². The SMILES string of the molecule is CCC(C)(C)c1nc(C(C)(C)C)c(C(C)(C)CC)c2c1CCC2. The van der Waals surface area contributed by atoms with E-state index in [9.17, 15) is 0 Å². The van der Waals surface area contributed by atoms with E-state index in [0.717, 1.165) is 6.42 Å². The third-order valence-corrected chi connectivity index (χ3v) is 6.06. The van der Waals surface area contributed by atoms with Crippen LogP contribution >= 0.6 is 0 Å². The van der Waals surface area contributed by atoms with E-state index < -0.39 is 0 Å². The van der Waals surface area contributed by atoms with E-state index in [1.165, 1.54) is 37.1 Å². The predicted molar refractivity (Wildman–Crippen MR) is 102 cm³/mol. The van der Waals surface area contributed by atoms with E-state index in [1.807, 2.05) is 0 Å². The normalized spacial score (nSPS) is 15.9. The summed E-state index contributed by atoms with van der Waals surface area (Å²) in [4.78, 5) is 5.37. The van der Waals surface area contributed by atoms with E-state index >= 15 is 0 Å². The summed E-state index contributed by atoms with van der Waals surface area (Å²) in [6.07, 6.45) is 6.07. The molecule has 0 saturated carbocycles. The van der Waals surface area contributed by atoms with Crippen molar-refractivity contribution in [2.45, 2.75) is 111 Å². The van der Waals surface area contributed by atoms with Crippen molar-refractivity contribution in [2.75, 3.05) is 0 Å². The molecule has 1 aliphatic carbocycles. The quantitative estimate of drug-likeness (QED) is 0.640. The lowest BCUT2D eigenvalue weighted by atomic mass is 9.71. The third-order valence-electron chi connectivity index (χ3n) is 6.06. The second-order valence-corrected chi connectivity index (χ2v) is 9.72. The number of hydrogen-bond acceptors (Lipinski definition) is 1. The lowest BCUT2D eigenvalue weighted by Crippen LogP contribution is -2.31. The molecule has 2 rings (SSSR count). The fraction of sp³-hybridized carbons (Fsp3) is 0.773. The molecule has 0 aliphatic heterocycles. The average molecular weight is 316 g/mol. The van der Waals surface area contributed by atoms with Gasteiger partial charge in [-0.1, -0.05) is 62.3 Å². The van der Waals surface area contributed by atoms with Crippen LogP contribution in [0.1, 0.15) is 110 Å². The molecule has 1 aromatic rings. The first-order valence-corrected chi connectivity index (χ1v) is 9.53. The van der Waals surface area contributed by atoms with Crippen LogP contribution < -0.4 is 0 Å².